The van der Waals surface area contributed by atoms with Gasteiger partial charge in [-0.2, -0.15) is 0 Å². The Morgan fingerprint density at radius 3 is 2.15 bits per heavy atom. The Hall–Kier alpha value is -3.85. The number of carbonyl (C=O) groups is 2. The van der Waals surface area contributed by atoms with E-state index in [1.165, 1.54) is 24.1 Å². The number of amides is 2. The Bertz CT molecular complexity index is 1330. The van der Waals surface area contributed by atoms with Gasteiger partial charge in [0.1, 0.15) is 18.3 Å². The number of methoxy groups -OCH3 is 1. The number of carbonyl (C=O) groups excluding carboxylic acids is 2. The van der Waals surface area contributed by atoms with Crippen molar-refractivity contribution in [2.24, 2.45) is 5.92 Å². The molecule has 39 heavy (non-hydrogen) atoms. The number of benzene rings is 3. The molecule has 9 heteroatoms. The summed E-state index contributed by atoms with van der Waals surface area (Å²) < 4.78 is 34.1. The number of nitrogens with one attached hydrogen (secondary N) is 1. The van der Waals surface area contributed by atoms with E-state index in [0.717, 1.165) is 9.87 Å². The molecule has 0 aliphatic carbocycles. The van der Waals surface area contributed by atoms with E-state index in [1.54, 1.807) is 42.5 Å². The Kier molecular flexibility index (Phi) is 10.5. The van der Waals surface area contributed by atoms with Gasteiger partial charge in [-0.3, -0.25) is 13.9 Å². The van der Waals surface area contributed by atoms with Crippen molar-refractivity contribution in [2.45, 2.75) is 44.7 Å². The van der Waals surface area contributed by atoms with E-state index >= 15 is 0 Å². The quantitative estimate of drug-likeness (QED) is 0.338. The van der Waals surface area contributed by atoms with E-state index in [9.17, 15) is 18.0 Å². The Morgan fingerprint density at radius 1 is 0.923 bits per heavy atom. The van der Waals surface area contributed by atoms with Crippen molar-refractivity contribution in [2.75, 3.05) is 24.5 Å². The molecule has 1 atom stereocenters. The summed E-state index contributed by atoms with van der Waals surface area (Å²) in [6, 6.07) is 23.1. The molecular weight excluding hydrogens is 514 g/mol. The number of anilines is 1. The molecule has 1 N–H and O–H groups in total. The van der Waals surface area contributed by atoms with E-state index in [1.807, 2.05) is 51.1 Å². The first-order valence-corrected chi connectivity index (χ1v) is 14.4. The lowest BCUT2D eigenvalue weighted by Gasteiger charge is -2.33. The second kappa shape index (κ2) is 13.8. The van der Waals surface area contributed by atoms with Crippen LogP contribution in [0.2, 0.25) is 0 Å². The molecule has 0 saturated heterocycles. The molecule has 0 heterocycles. The van der Waals surface area contributed by atoms with Crippen molar-refractivity contribution in [3.63, 3.8) is 0 Å². The predicted octanol–water partition coefficient (Wildman–Crippen LogP) is 4.47. The third kappa shape index (κ3) is 7.83. The Labute approximate surface area is 231 Å². The lowest BCUT2D eigenvalue weighted by atomic mass is 10.1. The van der Waals surface area contributed by atoms with Gasteiger partial charge in [0.2, 0.25) is 11.8 Å². The highest BCUT2D eigenvalue weighted by atomic mass is 32.2. The molecule has 3 aromatic carbocycles. The van der Waals surface area contributed by atoms with Crippen LogP contribution < -0.4 is 14.4 Å². The molecule has 0 aromatic heterocycles. The van der Waals surface area contributed by atoms with Gasteiger partial charge in [0.05, 0.1) is 17.7 Å². The molecule has 0 radical (unpaired) electrons. The van der Waals surface area contributed by atoms with Crippen LogP contribution in [-0.2, 0) is 26.2 Å². The molecule has 0 aliphatic heterocycles. The Morgan fingerprint density at radius 2 is 1.56 bits per heavy atom. The lowest BCUT2D eigenvalue weighted by Crippen LogP contribution is -2.52. The molecule has 0 bridgehead atoms. The van der Waals surface area contributed by atoms with Crippen molar-refractivity contribution in [1.82, 2.24) is 10.2 Å². The first kappa shape index (κ1) is 29.7. The van der Waals surface area contributed by atoms with Crippen LogP contribution in [0.4, 0.5) is 5.69 Å². The molecule has 0 unspecified atom stereocenters. The maximum absolute atomic E-state index is 14.0. The standard InChI is InChI=1S/C30H37N3O5S/c1-5-28(30(35)31-20-23(2)3)32(21-24-13-8-6-9-14-24)29(34)22-33(25-15-12-16-26(19-25)38-4)39(36,37)27-17-10-7-11-18-27/h6-19,23,28H,5,20-22H2,1-4H3,(H,31,35)/t28-/m1/s1. The maximum Gasteiger partial charge on any atom is 0.264 e. The number of hydrogen-bond acceptors (Lipinski definition) is 5. The fraction of sp³-hybridized carbons (Fsp3) is 0.333. The summed E-state index contributed by atoms with van der Waals surface area (Å²) in [4.78, 5) is 28.8. The molecule has 0 aliphatic rings. The molecule has 2 amide bonds. The SMILES string of the molecule is CC[C@H](C(=O)NCC(C)C)N(Cc1ccccc1)C(=O)CN(c1cccc(OC)c1)S(=O)(=O)c1ccccc1. The number of ether oxygens (including phenoxy) is 1. The predicted molar refractivity (Wildman–Crippen MR) is 153 cm³/mol. The molecule has 0 fully saturated rings. The molecule has 0 spiro atoms. The highest BCUT2D eigenvalue weighted by Gasteiger charge is 2.33. The number of sulfonamides is 1. The van der Waals surface area contributed by atoms with Crippen LogP contribution in [0.5, 0.6) is 5.75 Å². The van der Waals surface area contributed by atoms with Gasteiger partial charge in [-0.05, 0) is 42.2 Å². The second-order valence-corrected chi connectivity index (χ2v) is 11.5. The fourth-order valence-corrected chi connectivity index (χ4v) is 5.56. The zero-order chi connectivity index (χ0) is 28.4. The van der Waals surface area contributed by atoms with Crippen LogP contribution >= 0.6 is 0 Å². The smallest absolute Gasteiger partial charge is 0.264 e. The monoisotopic (exact) mass is 551 g/mol. The largest absolute Gasteiger partial charge is 0.497 e. The van der Waals surface area contributed by atoms with Crippen LogP contribution in [0.25, 0.3) is 0 Å². The van der Waals surface area contributed by atoms with Gasteiger partial charge in [-0.25, -0.2) is 8.42 Å². The van der Waals surface area contributed by atoms with Crippen molar-refractivity contribution in [3.8, 4) is 5.75 Å². The summed E-state index contributed by atoms with van der Waals surface area (Å²) in [6.45, 7) is 5.96. The average molecular weight is 552 g/mol. The van der Waals surface area contributed by atoms with Gasteiger partial charge < -0.3 is 15.0 Å². The van der Waals surface area contributed by atoms with Crippen molar-refractivity contribution in [3.05, 3.63) is 90.5 Å². The van der Waals surface area contributed by atoms with Gasteiger partial charge in [-0.15, -0.1) is 0 Å². The molecule has 8 nitrogen and oxygen atoms in total. The van der Waals surface area contributed by atoms with Gasteiger partial charge in [0.15, 0.2) is 0 Å². The molecule has 208 valence electrons. The van der Waals surface area contributed by atoms with Gasteiger partial charge in [0.25, 0.3) is 10.0 Å². The summed E-state index contributed by atoms with van der Waals surface area (Å²) in [7, 11) is -2.64. The highest BCUT2D eigenvalue weighted by molar-refractivity contribution is 7.92. The van der Waals surface area contributed by atoms with E-state index in [-0.39, 0.29) is 29.0 Å². The number of rotatable bonds is 13. The van der Waals surface area contributed by atoms with E-state index < -0.39 is 28.5 Å². The van der Waals surface area contributed by atoms with Gasteiger partial charge >= 0.3 is 0 Å². The summed E-state index contributed by atoms with van der Waals surface area (Å²) in [6.07, 6.45) is 0.368. The summed E-state index contributed by atoms with van der Waals surface area (Å²) in [5, 5.41) is 2.93. The minimum absolute atomic E-state index is 0.0527. The molecule has 0 saturated carbocycles. The fourth-order valence-electron chi connectivity index (χ4n) is 4.14. The normalized spacial score (nSPS) is 12.0. The number of hydrogen-bond donors (Lipinski definition) is 1. The number of nitrogens with zero attached hydrogens (tertiary/aromatic N) is 2. The maximum atomic E-state index is 14.0. The minimum Gasteiger partial charge on any atom is -0.497 e. The van der Waals surface area contributed by atoms with E-state index in [0.29, 0.717) is 18.7 Å². The van der Waals surface area contributed by atoms with E-state index in [4.69, 9.17) is 4.74 Å². The topological polar surface area (TPSA) is 96.0 Å². The summed E-state index contributed by atoms with van der Waals surface area (Å²) >= 11 is 0. The molecular formula is C30H37N3O5S. The van der Waals surface area contributed by atoms with Crippen molar-refractivity contribution < 1.29 is 22.7 Å². The van der Waals surface area contributed by atoms with Crippen LogP contribution in [0.1, 0.15) is 32.8 Å². The Balaban J connectivity index is 2.04. The first-order valence-electron chi connectivity index (χ1n) is 13.0. The van der Waals surface area contributed by atoms with Crippen molar-refractivity contribution >= 4 is 27.5 Å². The molecule has 3 aromatic rings. The third-order valence-corrected chi connectivity index (χ3v) is 8.01. The van der Waals surface area contributed by atoms with Gasteiger partial charge in [0, 0.05) is 19.2 Å². The zero-order valence-electron chi connectivity index (χ0n) is 22.9. The zero-order valence-corrected chi connectivity index (χ0v) is 23.7. The summed E-state index contributed by atoms with van der Waals surface area (Å²) in [5.41, 5.74) is 1.11. The van der Waals surface area contributed by atoms with E-state index in [2.05, 4.69) is 5.32 Å². The van der Waals surface area contributed by atoms with Crippen LogP contribution in [0, 0.1) is 5.92 Å². The van der Waals surface area contributed by atoms with Crippen molar-refractivity contribution in [1.29, 1.82) is 0 Å². The van der Waals surface area contributed by atoms with Crippen LogP contribution in [0.3, 0.4) is 0 Å². The first-order chi connectivity index (χ1) is 18.7. The summed E-state index contributed by atoms with van der Waals surface area (Å²) in [5.74, 6) is -0.0693. The molecule has 3 rings (SSSR count). The minimum atomic E-state index is -4.12. The highest BCUT2D eigenvalue weighted by Crippen LogP contribution is 2.27. The van der Waals surface area contributed by atoms with Crippen LogP contribution in [0.15, 0.2) is 89.8 Å². The second-order valence-electron chi connectivity index (χ2n) is 9.60. The lowest BCUT2D eigenvalue weighted by molar-refractivity contribution is -0.140. The van der Waals surface area contributed by atoms with Crippen LogP contribution in [-0.4, -0.2) is 51.4 Å². The average Bonchev–Trinajstić information content (AvgIpc) is 2.95. The third-order valence-electron chi connectivity index (χ3n) is 6.22. The van der Waals surface area contributed by atoms with Gasteiger partial charge in [-0.1, -0.05) is 75.4 Å².